The van der Waals surface area contributed by atoms with Gasteiger partial charge in [-0.2, -0.15) is 0 Å². The van der Waals surface area contributed by atoms with Crippen LogP contribution >= 0.6 is 0 Å². The Balaban J connectivity index is 2.87. The van der Waals surface area contributed by atoms with E-state index >= 15 is 0 Å². The van der Waals surface area contributed by atoms with Crippen LogP contribution in [-0.4, -0.2) is 18.1 Å². The molecule has 0 nitrogen and oxygen atoms in total. The van der Waals surface area contributed by atoms with Gasteiger partial charge < -0.3 is 0 Å². The van der Waals surface area contributed by atoms with Gasteiger partial charge in [-0.3, -0.25) is 0 Å². The molecule has 0 unspecified atom stereocenters. The third-order valence-electron chi connectivity index (χ3n) is 2.91. The zero-order chi connectivity index (χ0) is 11.4. The Labute approximate surface area is 102 Å². The standard InChI is InChI=1S/C13H28Si2/c1-3-4-5-6-7-8-9-10-11-12-13-15(2)14/h3-13H2,1-2H3. The minimum atomic E-state index is -0.136. The molecule has 0 aliphatic rings. The number of hydrogen-bond donors (Lipinski definition) is 0. The van der Waals surface area contributed by atoms with Crippen molar-refractivity contribution >= 4 is 18.1 Å². The Morgan fingerprint density at radius 1 is 0.733 bits per heavy atom. The van der Waals surface area contributed by atoms with Crippen LogP contribution in [0.25, 0.3) is 0 Å². The summed E-state index contributed by atoms with van der Waals surface area (Å²) in [5.41, 5.74) is 0. The maximum absolute atomic E-state index is 3.74. The molecule has 0 heterocycles. The van der Waals surface area contributed by atoms with Gasteiger partial charge in [-0.1, -0.05) is 83.7 Å². The molecule has 0 saturated heterocycles. The largest absolute Gasteiger partial charge is 0.0738 e. The highest BCUT2D eigenvalue weighted by Crippen LogP contribution is 2.11. The molecule has 0 aromatic carbocycles. The molecule has 0 N–H and O–H groups in total. The van der Waals surface area contributed by atoms with Crippen molar-refractivity contribution < 1.29 is 0 Å². The molecule has 0 aliphatic carbocycles. The van der Waals surface area contributed by atoms with E-state index in [1.165, 1.54) is 70.3 Å². The first-order valence-corrected chi connectivity index (χ1v) is 10.5. The second-order valence-corrected chi connectivity index (χ2v) is 9.33. The Morgan fingerprint density at radius 2 is 1.13 bits per heavy atom. The lowest BCUT2D eigenvalue weighted by Gasteiger charge is -2.03. The summed E-state index contributed by atoms with van der Waals surface area (Å²) >= 11 is 0. The van der Waals surface area contributed by atoms with Crippen molar-refractivity contribution in [1.82, 2.24) is 0 Å². The molecule has 0 saturated carbocycles. The van der Waals surface area contributed by atoms with Gasteiger partial charge in [0.2, 0.25) is 0 Å². The van der Waals surface area contributed by atoms with E-state index in [0.29, 0.717) is 0 Å². The van der Waals surface area contributed by atoms with E-state index in [1.807, 2.05) is 0 Å². The first-order valence-electron chi connectivity index (χ1n) is 6.81. The van der Waals surface area contributed by atoms with Gasteiger partial charge in [-0.15, -0.1) is 0 Å². The van der Waals surface area contributed by atoms with Crippen molar-refractivity contribution in [3.8, 4) is 0 Å². The van der Waals surface area contributed by atoms with E-state index in [4.69, 9.17) is 0 Å². The summed E-state index contributed by atoms with van der Waals surface area (Å²) in [5.74, 6) is 0. The van der Waals surface area contributed by atoms with Crippen molar-refractivity contribution in [1.29, 1.82) is 0 Å². The lowest BCUT2D eigenvalue weighted by atomic mass is 10.1. The zero-order valence-electron chi connectivity index (χ0n) is 10.8. The fourth-order valence-electron chi connectivity index (χ4n) is 1.88. The Kier molecular flexibility index (Phi) is 12.9. The Morgan fingerprint density at radius 3 is 1.53 bits per heavy atom. The fraction of sp³-hybridized carbons (Fsp3) is 1.00. The van der Waals surface area contributed by atoms with Crippen molar-refractivity contribution in [3.63, 3.8) is 0 Å². The molecular weight excluding hydrogens is 212 g/mol. The molecule has 15 heavy (non-hydrogen) atoms. The van der Waals surface area contributed by atoms with Crippen molar-refractivity contribution in [2.45, 2.75) is 83.7 Å². The summed E-state index contributed by atoms with van der Waals surface area (Å²) in [4.78, 5) is 0. The highest BCUT2D eigenvalue weighted by atomic mass is 29.1. The average Bonchev–Trinajstić information content (AvgIpc) is 2.20. The van der Waals surface area contributed by atoms with Crippen LogP contribution < -0.4 is 0 Å². The first-order chi connectivity index (χ1) is 7.27. The van der Waals surface area contributed by atoms with Crippen LogP contribution in [0.2, 0.25) is 12.6 Å². The molecule has 88 valence electrons. The van der Waals surface area contributed by atoms with E-state index in [1.54, 1.807) is 0 Å². The maximum atomic E-state index is 3.74. The molecule has 0 amide bonds. The van der Waals surface area contributed by atoms with E-state index in [0.717, 1.165) is 0 Å². The van der Waals surface area contributed by atoms with Crippen LogP contribution in [0.4, 0.5) is 0 Å². The molecule has 0 rings (SSSR count). The van der Waals surface area contributed by atoms with Gasteiger partial charge in [0.05, 0.1) is 0 Å². The second-order valence-electron chi connectivity index (χ2n) is 4.71. The zero-order valence-corrected chi connectivity index (χ0v) is 12.8. The quantitative estimate of drug-likeness (QED) is 0.363. The summed E-state index contributed by atoms with van der Waals surface area (Å²) in [5, 5.41) is 0. The molecule has 0 bridgehead atoms. The number of hydrogen-bond acceptors (Lipinski definition) is 0. The minimum Gasteiger partial charge on any atom is -0.0738 e. The Hall–Kier alpha value is 0.434. The molecule has 0 spiro atoms. The summed E-state index contributed by atoms with van der Waals surface area (Å²) in [6, 6.07) is 1.44. The highest BCUT2D eigenvalue weighted by Gasteiger charge is 1.96. The topological polar surface area (TPSA) is 0 Å². The SMILES string of the molecule is CCCCCCCCCCCC[Si](C)[Si]. The minimum absolute atomic E-state index is 0.136. The van der Waals surface area contributed by atoms with Gasteiger partial charge in [0.1, 0.15) is 0 Å². The second kappa shape index (κ2) is 12.5. The fourth-order valence-corrected chi connectivity index (χ4v) is 3.19. The lowest BCUT2D eigenvalue weighted by molar-refractivity contribution is 0.562. The van der Waals surface area contributed by atoms with Crippen LogP contribution in [0.5, 0.6) is 0 Å². The van der Waals surface area contributed by atoms with Gasteiger partial charge in [0.25, 0.3) is 0 Å². The predicted molar refractivity (Wildman–Crippen MR) is 74.0 cm³/mol. The summed E-state index contributed by atoms with van der Waals surface area (Å²) < 4.78 is 0. The number of rotatable bonds is 11. The highest BCUT2D eigenvalue weighted by molar-refractivity contribution is 7.02. The molecule has 2 heteroatoms. The van der Waals surface area contributed by atoms with Crippen molar-refractivity contribution in [2.75, 3.05) is 0 Å². The summed E-state index contributed by atoms with van der Waals surface area (Å²) in [6.07, 6.45) is 14.5. The van der Waals surface area contributed by atoms with E-state index < -0.39 is 0 Å². The molecule has 0 aromatic rings. The molecule has 0 aliphatic heterocycles. The average molecular weight is 241 g/mol. The van der Waals surface area contributed by atoms with E-state index in [9.17, 15) is 0 Å². The summed E-state index contributed by atoms with van der Waals surface area (Å²) in [6.45, 7) is 4.63. The van der Waals surface area contributed by atoms with Gasteiger partial charge >= 0.3 is 0 Å². The van der Waals surface area contributed by atoms with Crippen LogP contribution in [0.1, 0.15) is 71.1 Å². The molecule has 4 radical (unpaired) electrons. The van der Waals surface area contributed by atoms with Gasteiger partial charge in [0, 0.05) is 18.1 Å². The maximum Gasteiger partial charge on any atom is 0.0271 e. The Bertz CT molecular complexity index is 113. The molecule has 0 fully saturated rings. The van der Waals surface area contributed by atoms with Gasteiger partial charge in [0.15, 0.2) is 0 Å². The van der Waals surface area contributed by atoms with Crippen LogP contribution in [0, 0.1) is 0 Å². The predicted octanol–water partition coefficient (Wildman–Crippen LogP) is 4.70. The van der Waals surface area contributed by atoms with Gasteiger partial charge in [-0.25, -0.2) is 0 Å². The van der Waals surface area contributed by atoms with Crippen molar-refractivity contribution in [3.05, 3.63) is 0 Å². The molecule has 0 atom stereocenters. The van der Waals surface area contributed by atoms with Crippen LogP contribution in [-0.2, 0) is 0 Å². The van der Waals surface area contributed by atoms with Gasteiger partial charge in [-0.05, 0) is 0 Å². The van der Waals surface area contributed by atoms with Crippen LogP contribution in [0.3, 0.4) is 0 Å². The van der Waals surface area contributed by atoms with Crippen LogP contribution in [0.15, 0.2) is 0 Å². The third kappa shape index (κ3) is 14.4. The molecule has 0 aromatic heterocycles. The van der Waals surface area contributed by atoms with E-state index in [2.05, 4.69) is 23.2 Å². The lowest BCUT2D eigenvalue weighted by Crippen LogP contribution is -2.04. The first kappa shape index (κ1) is 15.4. The third-order valence-corrected chi connectivity index (χ3v) is 4.76. The van der Waals surface area contributed by atoms with E-state index in [-0.39, 0.29) is 8.31 Å². The summed E-state index contributed by atoms with van der Waals surface area (Å²) in [7, 11) is 3.60. The smallest absolute Gasteiger partial charge is 0.0271 e. The monoisotopic (exact) mass is 240 g/mol. The normalized spacial score (nSPS) is 11.2. The molecular formula is C13H28Si2. The van der Waals surface area contributed by atoms with Crippen molar-refractivity contribution in [2.24, 2.45) is 0 Å². The number of unbranched alkanes of at least 4 members (excludes halogenated alkanes) is 9.